The molecule has 1 aromatic carbocycles. The van der Waals surface area contributed by atoms with E-state index in [4.69, 9.17) is 22.1 Å². The molecule has 18 heavy (non-hydrogen) atoms. The molecule has 1 saturated heterocycles. The standard InChI is InChI=1S/C12H16BrClN2O.ClH/c13-10-1-2-12(14)9(5-10)7-16-3-4-17-11(6-15)8-16;/h1-2,5,11H,3-4,6-8,15H2;1H. The molecule has 0 amide bonds. The lowest BCUT2D eigenvalue weighted by Crippen LogP contribution is -2.45. The number of rotatable bonds is 3. The Labute approximate surface area is 127 Å². The number of ether oxygens (including phenoxy) is 1. The minimum Gasteiger partial charge on any atom is -0.374 e. The topological polar surface area (TPSA) is 38.5 Å². The van der Waals surface area contributed by atoms with Gasteiger partial charge in [0.05, 0.1) is 12.7 Å². The van der Waals surface area contributed by atoms with Gasteiger partial charge in [0.2, 0.25) is 0 Å². The molecule has 0 saturated carbocycles. The highest BCUT2D eigenvalue weighted by atomic mass is 79.9. The first-order chi connectivity index (χ1) is 8.19. The molecule has 1 aromatic rings. The van der Waals surface area contributed by atoms with E-state index in [-0.39, 0.29) is 18.5 Å². The summed E-state index contributed by atoms with van der Waals surface area (Å²) in [6.45, 7) is 3.97. The third-order valence-electron chi connectivity index (χ3n) is 2.89. The zero-order valence-corrected chi connectivity index (χ0v) is 13.1. The van der Waals surface area contributed by atoms with Crippen molar-refractivity contribution in [1.82, 2.24) is 4.90 Å². The third-order valence-corrected chi connectivity index (χ3v) is 3.75. The van der Waals surface area contributed by atoms with Gasteiger partial charge in [0.1, 0.15) is 0 Å². The van der Waals surface area contributed by atoms with Crippen molar-refractivity contribution < 1.29 is 4.74 Å². The van der Waals surface area contributed by atoms with E-state index in [0.29, 0.717) is 6.54 Å². The van der Waals surface area contributed by atoms with Gasteiger partial charge in [-0.15, -0.1) is 12.4 Å². The van der Waals surface area contributed by atoms with Gasteiger partial charge in [-0.1, -0.05) is 27.5 Å². The van der Waals surface area contributed by atoms with Gasteiger partial charge in [0.25, 0.3) is 0 Å². The van der Waals surface area contributed by atoms with Crippen LogP contribution in [0.1, 0.15) is 5.56 Å². The summed E-state index contributed by atoms with van der Waals surface area (Å²) in [6.07, 6.45) is 0.148. The largest absolute Gasteiger partial charge is 0.374 e. The molecule has 2 N–H and O–H groups in total. The van der Waals surface area contributed by atoms with Crippen LogP contribution in [-0.2, 0) is 11.3 Å². The Balaban J connectivity index is 0.00000162. The summed E-state index contributed by atoms with van der Waals surface area (Å²) in [6, 6.07) is 5.94. The predicted molar refractivity (Wildman–Crippen MR) is 80.5 cm³/mol. The summed E-state index contributed by atoms with van der Waals surface area (Å²) in [5, 5.41) is 0.809. The zero-order valence-electron chi connectivity index (χ0n) is 9.94. The summed E-state index contributed by atoms with van der Waals surface area (Å²) in [5.41, 5.74) is 6.77. The Hall–Kier alpha value is 0.160. The van der Waals surface area contributed by atoms with E-state index in [1.165, 1.54) is 0 Å². The van der Waals surface area contributed by atoms with E-state index in [2.05, 4.69) is 26.9 Å². The molecule has 102 valence electrons. The van der Waals surface area contributed by atoms with Crippen LogP contribution >= 0.6 is 39.9 Å². The van der Waals surface area contributed by atoms with E-state index in [9.17, 15) is 0 Å². The molecule has 1 unspecified atom stereocenters. The number of nitrogens with zero attached hydrogens (tertiary/aromatic N) is 1. The average Bonchev–Trinajstić information content (AvgIpc) is 2.34. The quantitative estimate of drug-likeness (QED) is 0.905. The normalized spacial score (nSPS) is 20.5. The summed E-state index contributed by atoms with van der Waals surface area (Å²) in [5.74, 6) is 0. The van der Waals surface area contributed by atoms with Crippen LogP contribution < -0.4 is 5.73 Å². The van der Waals surface area contributed by atoms with Crippen molar-refractivity contribution in [2.75, 3.05) is 26.2 Å². The highest BCUT2D eigenvalue weighted by Gasteiger charge is 2.19. The van der Waals surface area contributed by atoms with Crippen LogP contribution in [0.25, 0.3) is 0 Å². The molecule has 0 aromatic heterocycles. The Bertz CT molecular complexity index is 392. The molecule has 0 bridgehead atoms. The average molecular weight is 356 g/mol. The highest BCUT2D eigenvalue weighted by molar-refractivity contribution is 9.10. The third kappa shape index (κ3) is 4.37. The Kier molecular flexibility index (Phi) is 6.92. The van der Waals surface area contributed by atoms with Crippen molar-refractivity contribution in [3.8, 4) is 0 Å². The van der Waals surface area contributed by atoms with Crippen molar-refractivity contribution in [2.45, 2.75) is 12.6 Å². The van der Waals surface area contributed by atoms with Gasteiger partial charge >= 0.3 is 0 Å². The maximum atomic E-state index is 6.18. The number of benzene rings is 1. The van der Waals surface area contributed by atoms with Crippen molar-refractivity contribution in [3.63, 3.8) is 0 Å². The molecule has 1 aliphatic rings. The lowest BCUT2D eigenvalue weighted by atomic mass is 10.2. The van der Waals surface area contributed by atoms with E-state index in [1.807, 2.05) is 12.1 Å². The van der Waals surface area contributed by atoms with Gasteiger partial charge < -0.3 is 10.5 Å². The summed E-state index contributed by atoms with van der Waals surface area (Å²) in [7, 11) is 0. The fourth-order valence-corrected chi connectivity index (χ4v) is 2.56. The molecule has 1 fully saturated rings. The fraction of sp³-hybridized carbons (Fsp3) is 0.500. The van der Waals surface area contributed by atoms with E-state index < -0.39 is 0 Å². The lowest BCUT2D eigenvalue weighted by Gasteiger charge is -2.32. The molecular weight excluding hydrogens is 339 g/mol. The zero-order chi connectivity index (χ0) is 12.3. The SMILES string of the molecule is Cl.NCC1CN(Cc2cc(Br)ccc2Cl)CCO1. The number of nitrogens with two attached hydrogens (primary N) is 1. The van der Waals surface area contributed by atoms with Crippen LogP contribution in [0.5, 0.6) is 0 Å². The second-order valence-electron chi connectivity index (χ2n) is 4.20. The minimum atomic E-state index is 0. The summed E-state index contributed by atoms with van der Waals surface area (Å²) >= 11 is 9.65. The Morgan fingerprint density at radius 2 is 2.28 bits per heavy atom. The number of hydrogen-bond acceptors (Lipinski definition) is 3. The van der Waals surface area contributed by atoms with Crippen molar-refractivity contribution >= 4 is 39.9 Å². The number of hydrogen-bond donors (Lipinski definition) is 1. The summed E-state index contributed by atoms with van der Waals surface area (Å²) in [4.78, 5) is 2.33. The summed E-state index contributed by atoms with van der Waals surface area (Å²) < 4.78 is 6.60. The highest BCUT2D eigenvalue weighted by Crippen LogP contribution is 2.23. The Morgan fingerprint density at radius 1 is 1.50 bits per heavy atom. The van der Waals surface area contributed by atoms with Gasteiger partial charge in [0.15, 0.2) is 0 Å². The first kappa shape index (κ1) is 16.2. The van der Waals surface area contributed by atoms with Crippen LogP contribution in [0.15, 0.2) is 22.7 Å². The van der Waals surface area contributed by atoms with Crippen molar-refractivity contribution in [3.05, 3.63) is 33.3 Å². The van der Waals surface area contributed by atoms with E-state index in [1.54, 1.807) is 0 Å². The van der Waals surface area contributed by atoms with Crippen molar-refractivity contribution in [2.24, 2.45) is 5.73 Å². The van der Waals surface area contributed by atoms with E-state index in [0.717, 1.165) is 41.3 Å². The molecular formula is C12H17BrCl2N2O. The smallest absolute Gasteiger partial charge is 0.0824 e. The van der Waals surface area contributed by atoms with Crippen LogP contribution in [0.4, 0.5) is 0 Å². The van der Waals surface area contributed by atoms with Gasteiger partial charge in [-0.2, -0.15) is 0 Å². The van der Waals surface area contributed by atoms with Gasteiger partial charge in [0, 0.05) is 35.7 Å². The molecule has 0 spiro atoms. The Morgan fingerprint density at radius 3 is 3.00 bits per heavy atom. The van der Waals surface area contributed by atoms with Gasteiger partial charge in [-0.3, -0.25) is 4.90 Å². The maximum absolute atomic E-state index is 6.18. The van der Waals surface area contributed by atoms with E-state index >= 15 is 0 Å². The molecule has 2 rings (SSSR count). The van der Waals surface area contributed by atoms with Gasteiger partial charge in [-0.25, -0.2) is 0 Å². The number of morpholine rings is 1. The van der Waals surface area contributed by atoms with Crippen LogP contribution in [-0.4, -0.2) is 37.2 Å². The van der Waals surface area contributed by atoms with Crippen LogP contribution in [0, 0.1) is 0 Å². The second kappa shape index (κ2) is 7.68. The predicted octanol–water partition coefficient (Wildman–Crippen LogP) is 2.68. The van der Waals surface area contributed by atoms with Crippen molar-refractivity contribution in [1.29, 1.82) is 0 Å². The van der Waals surface area contributed by atoms with Crippen LogP contribution in [0.2, 0.25) is 5.02 Å². The maximum Gasteiger partial charge on any atom is 0.0824 e. The fourth-order valence-electron chi connectivity index (χ4n) is 1.97. The molecule has 0 radical (unpaired) electrons. The van der Waals surface area contributed by atoms with Crippen LogP contribution in [0.3, 0.4) is 0 Å². The monoisotopic (exact) mass is 354 g/mol. The molecule has 1 atom stereocenters. The first-order valence-corrected chi connectivity index (χ1v) is 6.84. The minimum absolute atomic E-state index is 0. The molecule has 3 nitrogen and oxygen atoms in total. The lowest BCUT2D eigenvalue weighted by molar-refractivity contribution is -0.0260. The molecule has 1 heterocycles. The molecule has 1 aliphatic heterocycles. The molecule has 0 aliphatic carbocycles. The number of halogens is 3. The molecule has 6 heteroatoms. The van der Waals surface area contributed by atoms with Gasteiger partial charge in [-0.05, 0) is 23.8 Å². The second-order valence-corrected chi connectivity index (χ2v) is 5.52. The first-order valence-electron chi connectivity index (χ1n) is 5.67.